The fourth-order valence-electron chi connectivity index (χ4n) is 3.18. The van der Waals surface area contributed by atoms with Crippen LogP contribution in [-0.2, 0) is 23.6 Å². The van der Waals surface area contributed by atoms with Crippen LogP contribution in [0.1, 0.15) is 31.0 Å². The first-order chi connectivity index (χ1) is 13.8. The van der Waals surface area contributed by atoms with Crippen molar-refractivity contribution in [3.8, 4) is 17.0 Å². The standard InChI is InChI=1S/C20H27N5O3S/c1-6-7-12-25-13-18(15(3)21-25)29(26,27)23-20-14(2)19(22-24(20)4)16-8-10-17(28-5)11-9-16/h8-11,13,23H,6-7,12H2,1-5H3. The smallest absolute Gasteiger partial charge is 0.266 e. The van der Waals surface area contributed by atoms with Crippen molar-refractivity contribution in [2.24, 2.45) is 7.05 Å². The van der Waals surface area contributed by atoms with E-state index in [1.54, 1.807) is 36.6 Å². The number of aromatic nitrogens is 4. The summed E-state index contributed by atoms with van der Waals surface area (Å²) in [5, 5.41) is 8.84. The highest BCUT2D eigenvalue weighted by atomic mass is 32.2. The molecule has 0 bridgehead atoms. The lowest BCUT2D eigenvalue weighted by atomic mass is 10.1. The SMILES string of the molecule is CCCCn1cc(S(=O)(=O)Nc2c(C)c(-c3ccc(OC)cc3)nn2C)c(C)n1. The van der Waals surface area contributed by atoms with Crippen LogP contribution in [-0.4, -0.2) is 35.1 Å². The van der Waals surface area contributed by atoms with Crippen LogP contribution in [0.3, 0.4) is 0 Å². The molecular formula is C20H27N5O3S. The normalized spacial score (nSPS) is 11.6. The molecule has 0 atom stereocenters. The number of methoxy groups -OCH3 is 1. The van der Waals surface area contributed by atoms with E-state index in [4.69, 9.17) is 4.74 Å². The molecule has 0 saturated carbocycles. The van der Waals surface area contributed by atoms with Gasteiger partial charge in [-0.05, 0) is 44.5 Å². The highest BCUT2D eigenvalue weighted by Crippen LogP contribution is 2.30. The number of rotatable bonds is 8. The zero-order valence-corrected chi connectivity index (χ0v) is 18.2. The number of nitrogens with zero attached hydrogens (tertiary/aromatic N) is 4. The molecule has 1 aromatic carbocycles. The Labute approximate surface area is 171 Å². The summed E-state index contributed by atoms with van der Waals surface area (Å²) in [7, 11) is -0.458. The third-order valence-electron chi connectivity index (χ3n) is 4.81. The molecule has 0 aliphatic rings. The minimum atomic E-state index is -3.79. The first-order valence-electron chi connectivity index (χ1n) is 9.51. The second kappa shape index (κ2) is 8.28. The van der Waals surface area contributed by atoms with Crippen molar-refractivity contribution in [3.63, 3.8) is 0 Å². The lowest BCUT2D eigenvalue weighted by Gasteiger charge is -2.08. The lowest BCUT2D eigenvalue weighted by Crippen LogP contribution is -2.16. The van der Waals surface area contributed by atoms with Crippen LogP contribution in [0.4, 0.5) is 5.82 Å². The van der Waals surface area contributed by atoms with E-state index in [1.165, 1.54) is 0 Å². The van der Waals surface area contributed by atoms with Gasteiger partial charge in [-0.2, -0.15) is 10.2 Å². The second-order valence-corrected chi connectivity index (χ2v) is 8.63. The summed E-state index contributed by atoms with van der Waals surface area (Å²) >= 11 is 0. The Morgan fingerprint density at radius 2 is 1.83 bits per heavy atom. The van der Waals surface area contributed by atoms with E-state index in [0.29, 0.717) is 23.8 Å². The molecule has 0 aliphatic heterocycles. The average Bonchev–Trinajstić information content (AvgIpc) is 3.21. The number of hydrogen-bond donors (Lipinski definition) is 1. The van der Waals surface area contributed by atoms with Gasteiger partial charge >= 0.3 is 0 Å². The van der Waals surface area contributed by atoms with Gasteiger partial charge in [0, 0.05) is 30.9 Å². The predicted molar refractivity (Wildman–Crippen MR) is 113 cm³/mol. The molecule has 0 saturated heterocycles. The molecule has 156 valence electrons. The first-order valence-corrected chi connectivity index (χ1v) is 11.0. The average molecular weight is 418 g/mol. The predicted octanol–water partition coefficient (Wildman–Crippen LogP) is 3.51. The summed E-state index contributed by atoms with van der Waals surface area (Å²) in [5.41, 5.74) is 2.82. The number of unbranched alkanes of at least 4 members (excludes halogenated alkanes) is 1. The molecule has 0 aliphatic carbocycles. The van der Waals surface area contributed by atoms with E-state index in [0.717, 1.165) is 29.7 Å². The van der Waals surface area contributed by atoms with Gasteiger partial charge in [-0.1, -0.05) is 13.3 Å². The summed E-state index contributed by atoms with van der Waals surface area (Å²) in [5.74, 6) is 1.18. The molecule has 1 N–H and O–H groups in total. The Morgan fingerprint density at radius 3 is 2.45 bits per heavy atom. The fraction of sp³-hybridized carbons (Fsp3) is 0.400. The summed E-state index contributed by atoms with van der Waals surface area (Å²) < 4.78 is 37.2. The number of aryl methyl sites for hydroxylation is 3. The van der Waals surface area contributed by atoms with Crippen molar-refractivity contribution in [1.82, 2.24) is 19.6 Å². The van der Waals surface area contributed by atoms with Gasteiger partial charge in [-0.25, -0.2) is 8.42 Å². The summed E-state index contributed by atoms with van der Waals surface area (Å²) in [6, 6.07) is 7.49. The molecule has 0 amide bonds. The minimum absolute atomic E-state index is 0.181. The molecule has 29 heavy (non-hydrogen) atoms. The van der Waals surface area contributed by atoms with Gasteiger partial charge in [-0.15, -0.1) is 0 Å². The van der Waals surface area contributed by atoms with Crippen LogP contribution < -0.4 is 9.46 Å². The summed E-state index contributed by atoms with van der Waals surface area (Å²) in [6.07, 6.45) is 3.55. The molecule has 2 heterocycles. The van der Waals surface area contributed by atoms with Crippen molar-refractivity contribution in [1.29, 1.82) is 0 Å². The number of hydrogen-bond acceptors (Lipinski definition) is 5. The molecular weight excluding hydrogens is 390 g/mol. The zero-order valence-electron chi connectivity index (χ0n) is 17.4. The fourth-order valence-corrected chi connectivity index (χ4v) is 4.52. The van der Waals surface area contributed by atoms with E-state index in [1.807, 2.05) is 31.2 Å². The van der Waals surface area contributed by atoms with Crippen LogP contribution >= 0.6 is 0 Å². The van der Waals surface area contributed by atoms with E-state index in [-0.39, 0.29) is 4.90 Å². The molecule has 3 rings (SSSR count). The van der Waals surface area contributed by atoms with Crippen LogP contribution in [0.2, 0.25) is 0 Å². The first kappa shape index (κ1) is 20.9. The Balaban J connectivity index is 1.91. The molecule has 0 radical (unpaired) electrons. The lowest BCUT2D eigenvalue weighted by molar-refractivity contribution is 0.415. The van der Waals surface area contributed by atoms with Gasteiger partial charge in [0.2, 0.25) is 0 Å². The molecule has 0 unspecified atom stereocenters. The van der Waals surface area contributed by atoms with Crippen molar-refractivity contribution < 1.29 is 13.2 Å². The van der Waals surface area contributed by atoms with Gasteiger partial charge in [0.25, 0.3) is 10.0 Å². The maximum atomic E-state index is 13.0. The van der Waals surface area contributed by atoms with Gasteiger partial charge in [0.15, 0.2) is 0 Å². The topological polar surface area (TPSA) is 91.0 Å². The van der Waals surface area contributed by atoms with E-state index in [2.05, 4.69) is 21.8 Å². The van der Waals surface area contributed by atoms with Crippen LogP contribution in [0, 0.1) is 13.8 Å². The van der Waals surface area contributed by atoms with E-state index >= 15 is 0 Å². The molecule has 2 aromatic heterocycles. The van der Waals surface area contributed by atoms with Gasteiger partial charge in [0.05, 0.1) is 18.5 Å². The van der Waals surface area contributed by atoms with Gasteiger partial charge < -0.3 is 4.74 Å². The maximum absolute atomic E-state index is 13.0. The third-order valence-corrected chi connectivity index (χ3v) is 6.25. The van der Waals surface area contributed by atoms with Crippen molar-refractivity contribution in [2.45, 2.75) is 45.1 Å². The monoisotopic (exact) mass is 417 g/mol. The second-order valence-electron chi connectivity index (χ2n) is 6.98. The van der Waals surface area contributed by atoms with Crippen LogP contribution in [0.5, 0.6) is 5.75 Å². The number of benzene rings is 1. The number of nitrogens with one attached hydrogen (secondary N) is 1. The number of sulfonamides is 1. The van der Waals surface area contributed by atoms with Crippen LogP contribution in [0.25, 0.3) is 11.3 Å². The minimum Gasteiger partial charge on any atom is -0.497 e. The largest absolute Gasteiger partial charge is 0.497 e. The Kier molecular flexibility index (Phi) is 5.97. The summed E-state index contributed by atoms with van der Waals surface area (Å²) in [4.78, 5) is 0.181. The molecule has 8 nitrogen and oxygen atoms in total. The molecule has 9 heteroatoms. The molecule has 0 spiro atoms. The van der Waals surface area contributed by atoms with Crippen molar-refractivity contribution in [3.05, 3.63) is 41.7 Å². The summed E-state index contributed by atoms with van der Waals surface area (Å²) in [6.45, 7) is 6.33. The highest BCUT2D eigenvalue weighted by Gasteiger charge is 2.24. The van der Waals surface area contributed by atoms with Crippen LogP contribution in [0.15, 0.2) is 35.4 Å². The van der Waals surface area contributed by atoms with Crippen molar-refractivity contribution in [2.75, 3.05) is 11.8 Å². The third kappa shape index (κ3) is 4.29. The van der Waals surface area contributed by atoms with E-state index in [9.17, 15) is 8.42 Å². The molecule has 0 fully saturated rings. The Morgan fingerprint density at radius 1 is 1.14 bits per heavy atom. The number of anilines is 1. The zero-order chi connectivity index (χ0) is 21.2. The Bertz CT molecular complexity index is 1100. The van der Waals surface area contributed by atoms with Crippen molar-refractivity contribution >= 4 is 15.8 Å². The molecule has 3 aromatic rings. The quantitative estimate of drug-likeness (QED) is 0.606. The van der Waals surface area contributed by atoms with Gasteiger partial charge in [0.1, 0.15) is 16.5 Å². The number of ether oxygens (including phenoxy) is 1. The van der Waals surface area contributed by atoms with Gasteiger partial charge in [-0.3, -0.25) is 14.1 Å². The Hall–Kier alpha value is -2.81. The highest BCUT2D eigenvalue weighted by molar-refractivity contribution is 7.92. The maximum Gasteiger partial charge on any atom is 0.266 e. The van der Waals surface area contributed by atoms with E-state index < -0.39 is 10.0 Å².